The Morgan fingerprint density at radius 3 is 2.24 bits per heavy atom. The highest BCUT2D eigenvalue weighted by atomic mass is 35.5. The fraction of sp³-hybridized carbons (Fsp3) is 0.208. The number of rotatable bonds is 6. The van der Waals surface area contributed by atoms with Crippen molar-refractivity contribution in [2.45, 2.75) is 4.90 Å². The molecule has 0 spiro atoms. The lowest BCUT2D eigenvalue weighted by Gasteiger charge is -2.37. The third kappa shape index (κ3) is 5.14. The number of amides is 1. The molecule has 34 heavy (non-hydrogen) atoms. The molecule has 10 heteroatoms. The summed E-state index contributed by atoms with van der Waals surface area (Å²) in [6, 6.07) is 18.8. The van der Waals surface area contributed by atoms with Crippen LogP contribution in [0.2, 0.25) is 10.0 Å². The molecule has 1 aliphatic rings. The van der Waals surface area contributed by atoms with E-state index in [9.17, 15) is 17.6 Å². The molecule has 0 aliphatic carbocycles. The molecule has 0 aromatic heterocycles. The number of carbonyl (C=O) groups is 1. The first-order valence-corrected chi connectivity index (χ1v) is 12.8. The Bertz CT molecular complexity index is 1280. The van der Waals surface area contributed by atoms with E-state index in [1.165, 1.54) is 30.3 Å². The van der Waals surface area contributed by atoms with Gasteiger partial charge in [0, 0.05) is 31.2 Å². The van der Waals surface area contributed by atoms with Crippen molar-refractivity contribution in [3.05, 3.63) is 88.7 Å². The number of carbonyl (C=O) groups excluding carboxylic acids is 1. The number of hydrogen-bond donors (Lipinski definition) is 0. The Hall–Kier alpha value is -2.81. The van der Waals surface area contributed by atoms with Gasteiger partial charge in [0.25, 0.3) is 10.0 Å². The van der Waals surface area contributed by atoms with Gasteiger partial charge in [0.05, 0.1) is 21.3 Å². The smallest absolute Gasteiger partial charge is 0.264 e. The van der Waals surface area contributed by atoms with Crippen molar-refractivity contribution in [2.24, 2.45) is 0 Å². The molecule has 1 saturated heterocycles. The summed E-state index contributed by atoms with van der Waals surface area (Å²) in [5, 5.41) is 0.444. The zero-order valence-corrected chi connectivity index (χ0v) is 20.4. The van der Waals surface area contributed by atoms with E-state index in [2.05, 4.69) is 0 Å². The Labute approximate surface area is 208 Å². The van der Waals surface area contributed by atoms with Gasteiger partial charge in [-0.1, -0.05) is 53.5 Å². The predicted molar refractivity (Wildman–Crippen MR) is 133 cm³/mol. The van der Waals surface area contributed by atoms with Crippen molar-refractivity contribution in [1.29, 1.82) is 0 Å². The third-order valence-corrected chi connectivity index (χ3v) is 7.94. The number of para-hydroxylation sites is 1. The van der Waals surface area contributed by atoms with E-state index in [-0.39, 0.29) is 27.3 Å². The van der Waals surface area contributed by atoms with Gasteiger partial charge in [0.15, 0.2) is 0 Å². The van der Waals surface area contributed by atoms with Crippen molar-refractivity contribution < 1.29 is 17.6 Å². The summed E-state index contributed by atoms with van der Waals surface area (Å²) in [7, 11) is -4.10. The SMILES string of the molecule is O=C(CN(c1cc(Cl)ccc1Cl)S(=O)(=O)c1ccccc1)N1CCN(c2ccccc2F)CC1. The minimum Gasteiger partial charge on any atom is -0.366 e. The summed E-state index contributed by atoms with van der Waals surface area (Å²) in [6.07, 6.45) is 0. The quantitative estimate of drug-likeness (QED) is 0.472. The number of sulfonamides is 1. The fourth-order valence-corrected chi connectivity index (χ4v) is 5.71. The van der Waals surface area contributed by atoms with Crippen LogP contribution < -0.4 is 9.21 Å². The fourth-order valence-electron chi connectivity index (χ4n) is 3.82. The molecule has 1 aliphatic heterocycles. The van der Waals surface area contributed by atoms with Crippen molar-refractivity contribution in [3.63, 3.8) is 0 Å². The molecular formula is C24H22Cl2FN3O3S. The highest BCUT2D eigenvalue weighted by molar-refractivity contribution is 7.92. The van der Waals surface area contributed by atoms with Gasteiger partial charge in [-0.3, -0.25) is 9.10 Å². The topological polar surface area (TPSA) is 60.9 Å². The Balaban J connectivity index is 1.57. The van der Waals surface area contributed by atoms with Crippen LogP contribution in [-0.4, -0.2) is 51.9 Å². The Morgan fingerprint density at radius 1 is 0.912 bits per heavy atom. The zero-order valence-electron chi connectivity index (χ0n) is 18.1. The number of halogens is 3. The van der Waals surface area contributed by atoms with E-state index in [4.69, 9.17) is 23.2 Å². The lowest BCUT2D eigenvalue weighted by Crippen LogP contribution is -2.52. The van der Waals surface area contributed by atoms with Crippen molar-refractivity contribution in [3.8, 4) is 0 Å². The minimum absolute atomic E-state index is 0.0308. The van der Waals surface area contributed by atoms with Crippen molar-refractivity contribution in [2.75, 3.05) is 41.9 Å². The maximum absolute atomic E-state index is 14.1. The summed E-state index contributed by atoms with van der Waals surface area (Å²) in [4.78, 5) is 16.7. The van der Waals surface area contributed by atoms with Gasteiger partial charge in [-0.25, -0.2) is 12.8 Å². The van der Waals surface area contributed by atoms with Crippen LogP contribution in [0.15, 0.2) is 77.7 Å². The molecule has 0 unspecified atom stereocenters. The maximum atomic E-state index is 14.1. The highest BCUT2D eigenvalue weighted by Gasteiger charge is 2.31. The van der Waals surface area contributed by atoms with Crippen LogP contribution in [0.3, 0.4) is 0 Å². The van der Waals surface area contributed by atoms with E-state index >= 15 is 0 Å². The normalized spacial score (nSPS) is 14.2. The van der Waals surface area contributed by atoms with Gasteiger partial charge < -0.3 is 9.80 Å². The van der Waals surface area contributed by atoms with Gasteiger partial charge in [-0.2, -0.15) is 0 Å². The number of piperazine rings is 1. The number of anilines is 2. The highest BCUT2D eigenvalue weighted by Crippen LogP contribution is 2.33. The molecular weight excluding hydrogens is 500 g/mol. The lowest BCUT2D eigenvalue weighted by molar-refractivity contribution is -0.129. The molecule has 1 amide bonds. The summed E-state index contributed by atoms with van der Waals surface area (Å²) >= 11 is 12.4. The molecule has 6 nitrogen and oxygen atoms in total. The Morgan fingerprint density at radius 2 is 1.56 bits per heavy atom. The molecule has 1 fully saturated rings. The molecule has 0 saturated carbocycles. The van der Waals surface area contributed by atoms with Gasteiger partial charge in [0.2, 0.25) is 5.91 Å². The van der Waals surface area contributed by atoms with Crippen LogP contribution in [0.25, 0.3) is 0 Å². The summed E-state index contributed by atoms with van der Waals surface area (Å²) in [5.74, 6) is -0.707. The minimum atomic E-state index is -4.10. The first-order valence-electron chi connectivity index (χ1n) is 10.6. The van der Waals surface area contributed by atoms with E-state index in [0.717, 1.165) is 4.31 Å². The average Bonchev–Trinajstić information content (AvgIpc) is 2.85. The molecule has 0 N–H and O–H groups in total. The van der Waals surface area contributed by atoms with Crippen molar-refractivity contribution >= 4 is 50.5 Å². The van der Waals surface area contributed by atoms with Gasteiger partial charge in [0.1, 0.15) is 12.4 Å². The second-order valence-electron chi connectivity index (χ2n) is 7.74. The Kier molecular flexibility index (Phi) is 7.30. The summed E-state index contributed by atoms with van der Waals surface area (Å²) in [5.41, 5.74) is 0.602. The molecule has 3 aromatic rings. The molecule has 1 heterocycles. The van der Waals surface area contributed by atoms with E-state index < -0.39 is 16.6 Å². The molecule has 178 valence electrons. The van der Waals surface area contributed by atoms with Crippen LogP contribution in [0, 0.1) is 5.82 Å². The van der Waals surface area contributed by atoms with Crippen LogP contribution >= 0.6 is 23.2 Å². The summed E-state index contributed by atoms with van der Waals surface area (Å²) < 4.78 is 42.1. The standard InChI is InChI=1S/C24H22Cl2FN3O3S/c25-18-10-11-20(26)23(16-18)30(34(32,33)19-6-2-1-3-7-19)17-24(31)29-14-12-28(13-15-29)22-9-5-4-8-21(22)27/h1-11,16H,12-15,17H2. The first kappa shape index (κ1) is 24.3. The number of benzene rings is 3. The molecule has 0 bridgehead atoms. The van der Waals surface area contributed by atoms with Crippen LogP contribution in [-0.2, 0) is 14.8 Å². The maximum Gasteiger partial charge on any atom is 0.264 e. The van der Waals surface area contributed by atoms with Gasteiger partial charge in [-0.05, 0) is 42.5 Å². The van der Waals surface area contributed by atoms with E-state index in [1.54, 1.807) is 47.4 Å². The second-order valence-corrected chi connectivity index (χ2v) is 10.4. The zero-order chi connectivity index (χ0) is 24.3. The van der Waals surface area contributed by atoms with E-state index in [0.29, 0.717) is 36.9 Å². The molecule has 0 atom stereocenters. The largest absolute Gasteiger partial charge is 0.366 e. The van der Waals surface area contributed by atoms with Gasteiger partial charge >= 0.3 is 0 Å². The first-order chi connectivity index (χ1) is 16.3. The number of hydrogen-bond acceptors (Lipinski definition) is 4. The number of nitrogens with zero attached hydrogens (tertiary/aromatic N) is 3. The average molecular weight is 522 g/mol. The third-order valence-electron chi connectivity index (χ3n) is 5.61. The molecule has 3 aromatic carbocycles. The van der Waals surface area contributed by atoms with Crippen LogP contribution in [0.5, 0.6) is 0 Å². The van der Waals surface area contributed by atoms with Crippen LogP contribution in [0.1, 0.15) is 0 Å². The monoisotopic (exact) mass is 521 g/mol. The predicted octanol–water partition coefficient (Wildman–Crippen LogP) is 4.68. The van der Waals surface area contributed by atoms with Crippen LogP contribution in [0.4, 0.5) is 15.8 Å². The molecule has 4 rings (SSSR count). The van der Waals surface area contributed by atoms with Gasteiger partial charge in [-0.15, -0.1) is 0 Å². The van der Waals surface area contributed by atoms with E-state index in [1.807, 2.05) is 4.90 Å². The lowest BCUT2D eigenvalue weighted by atomic mass is 10.2. The molecule has 0 radical (unpaired) electrons. The second kappa shape index (κ2) is 10.2. The van der Waals surface area contributed by atoms with Crippen molar-refractivity contribution in [1.82, 2.24) is 4.90 Å². The summed E-state index contributed by atoms with van der Waals surface area (Å²) in [6.45, 7) is 1.06.